The number of carbonyl (C=O) groups excluding carboxylic acids is 1. The monoisotopic (exact) mass is 324 g/mol. The molecule has 3 atom stereocenters. The normalized spacial score (nSPS) is 24.2. The van der Waals surface area contributed by atoms with Gasteiger partial charge in [-0.3, -0.25) is 4.79 Å². The standard InChI is InChI=1S/C15H21BrN2O/c1-10-7-8-17-14(10)15(19)18-11(2)9-12-3-5-13(16)6-4-12/h3-6,10-11,14,17H,7-9H2,1-2H3,(H,18,19). The van der Waals surface area contributed by atoms with Gasteiger partial charge < -0.3 is 10.6 Å². The lowest BCUT2D eigenvalue weighted by Crippen LogP contribution is -2.47. The summed E-state index contributed by atoms with van der Waals surface area (Å²) in [6, 6.07) is 8.37. The molecule has 2 rings (SSSR count). The highest BCUT2D eigenvalue weighted by molar-refractivity contribution is 9.10. The molecule has 19 heavy (non-hydrogen) atoms. The molecule has 1 aromatic carbocycles. The van der Waals surface area contributed by atoms with Gasteiger partial charge in [0.15, 0.2) is 0 Å². The molecule has 2 N–H and O–H groups in total. The molecule has 1 aliphatic rings. The second-order valence-corrected chi connectivity index (χ2v) is 6.35. The second kappa shape index (κ2) is 6.53. The molecular weight excluding hydrogens is 304 g/mol. The van der Waals surface area contributed by atoms with Gasteiger partial charge in [-0.05, 0) is 49.9 Å². The molecule has 0 saturated carbocycles. The van der Waals surface area contributed by atoms with Gasteiger partial charge in [0, 0.05) is 10.5 Å². The maximum atomic E-state index is 12.1. The van der Waals surface area contributed by atoms with Crippen LogP contribution in [-0.2, 0) is 11.2 Å². The van der Waals surface area contributed by atoms with Crippen molar-refractivity contribution >= 4 is 21.8 Å². The van der Waals surface area contributed by atoms with Crippen molar-refractivity contribution in [3.05, 3.63) is 34.3 Å². The van der Waals surface area contributed by atoms with Gasteiger partial charge in [0.1, 0.15) is 0 Å². The van der Waals surface area contributed by atoms with E-state index in [1.165, 1.54) is 5.56 Å². The van der Waals surface area contributed by atoms with Crippen LogP contribution in [0.25, 0.3) is 0 Å². The van der Waals surface area contributed by atoms with Crippen molar-refractivity contribution in [2.24, 2.45) is 5.92 Å². The van der Waals surface area contributed by atoms with E-state index >= 15 is 0 Å². The molecule has 1 saturated heterocycles. The molecule has 1 aromatic rings. The van der Waals surface area contributed by atoms with Crippen LogP contribution in [0.15, 0.2) is 28.7 Å². The first-order chi connectivity index (χ1) is 9.06. The number of carbonyl (C=O) groups is 1. The van der Waals surface area contributed by atoms with Gasteiger partial charge in [0.25, 0.3) is 0 Å². The largest absolute Gasteiger partial charge is 0.352 e. The van der Waals surface area contributed by atoms with Gasteiger partial charge in [0.2, 0.25) is 5.91 Å². The summed E-state index contributed by atoms with van der Waals surface area (Å²) < 4.78 is 1.08. The minimum absolute atomic E-state index is 0.0210. The van der Waals surface area contributed by atoms with E-state index in [2.05, 4.69) is 52.5 Å². The quantitative estimate of drug-likeness (QED) is 0.893. The lowest BCUT2D eigenvalue weighted by Gasteiger charge is -2.20. The first-order valence-electron chi connectivity index (χ1n) is 6.84. The van der Waals surface area contributed by atoms with E-state index in [9.17, 15) is 4.79 Å². The smallest absolute Gasteiger partial charge is 0.237 e. The Morgan fingerprint density at radius 1 is 1.47 bits per heavy atom. The van der Waals surface area contributed by atoms with Crippen LogP contribution in [0, 0.1) is 5.92 Å². The van der Waals surface area contributed by atoms with Crippen molar-refractivity contribution in [2.75, 3.05) is 6.54 Å². The van der Waals surface area contributed by atoms with Crippen LogP contribution in [-0.4, -0.2) is 24.5 Å². The lowest BCUT2D eigenvalue weighted by molar-refractivity contribution is -0.124. The molecule has 1 heterocycles. The van der Waals surface area contributed by atoms with E-state index in [-0.39, 0.29) is 18.0 Å². The molecule has 4 heteroatoms. The average Bonchev–Trinajstić information content (AvgIpc) is 2.78. The summed E-state index contributed by atoms with van der Waals surface area (Å²) in [6.45, 7) is 5.13. The highest BCUT2D eigenvalue weighted by Crippen LogP contribution is 2.15. The van der Waals surface area contributed by atoms with Crippen molar-refractivity contribution in [1.82, 2.24) is 10.6 Å². The number of benzene rings is 1. The Morgan fingerprint density at radius 2 is 2.16 bits per heavy atom. The number of rotatable bonds is 4. The van der Waals surface area contributed by atoms with E-state index in [0.29, 0.717) is 5.92 Å². The third-order valence-corrected chi connectivity index (χ3v) is 4.19. The van der Waals surface area contributed by atoms with E-state index in [0.717, 1.165) is 23.9 Å². The minimum Gasteiger partial charge on any atom is -0.352 e. The fourth-order valence-electron chi connectivity index (χ4n) is 2.54. The zero-order valence-corrected chi connectivity index (χ0v) is 13.0. The van der Waals surface area contributed by atoms with E-state index in [4.69, 9.17) is 0 Å². The van der Waals surface area contributed by atoms with Crippen LogP contribution in [0.5, 0.6) is 0 Å². The van der Waals surface area contributed by atoms with Gasteiger partial charge in [-0.25, -0.2) is 0 Å². The van der Waals surface area contributed by atoms with E-state index in [1.54, 1.807) is 0 Å². The topological polar surface area (TPSA) is 41.1 Å². The molecule has 0 radical (unpaired) electrons. The number of halogens is 1. The van der Waals surface area contributed by atoms with E-state index < -0.39 is 0 Å². The summed E-state index contributed by atoms with van der Waals surface area (Å²) >= 11 is 3.43. The van der Waals surface area contributed by atoms with Crippen molar-refractivity contribution in [1.29, 1.82) is 0 Å². The van der Waals surface area contributed by atoms with Crippen LogP contribution in [0.3, 0.4) is 0 Å². The Labute approximate surface area is 123 Å². The van der Waals surface area contributed by atoms with Crippen molar-refractivity contribution in [2.45, 2.75) is 38.8 Å². The first-order valence-corrected chi connectivity index (χ1v) is 7.64. The Kier molecular flexibility index (Phi) is 4.99. The first kappa shape index (κ1) is 14.5. The predicted octanol–water partition coefficient (Wildman–Crippen LogP) is 2.49. The third kappa shape index (κ3) is 4.05. The van der Waals surface area contributed by atoms with Gasteiger partial charge in [0.05, 0.1) is 6.04 Å². The SMILES string of the molecule is CC(Cc1ccc(Br)cc1)NC(=O)C1NCCC1C. The van der Waals surface area contributed by atoms with Crippen LogP contribution in [0.1, 0.15) is 25.8 Å². The van der Waals surface area contributed by atoms with Crippen molar-refractivity contribution in [3.8, 4) is 0 Å². The molecule has 0 bridgehead atoms. The zero-order chi connectivity index (χ0) is 13.8. The molecule has 3 nitrogen and oxygen atoms in total. The zero-order valence-electron chi connectivity index (χ0n) is 11.4. The van der Waals surface area contributed by atoms with Gasteiger partial charge in [-0.1, -0.05) is 35.0 Å². The average molecular weight is 325 g/mol. The summed E-state index contributed by atoms with van der Waals surface area (Å²) in [6.07, 6.45) is 1.94. The molecule has 104 valence electrons. The Hall–Kier alpha value is -0.870. The van der Waals surface area contributed by atoms with Crippen LogP contribution in [0.4, 0.5) is 0 Å². The molecule has 1 amide bonds. The molecule has 0 aromatic heterocycles. The Bertz CT molecular complexity index is 432. The molecule has 1 aliphatic heterocycles. The van der Waals surface area contributed by atoms with Crippen LogP contribution < -0.4 is 10.6 Å². The highest BCUT2D eigenvalue weighted by atomic mass is 79.9. The van der Waals surface area contributed by atoms with Crippen LogP contribution in [0.2, 0.25) is 0 Å². The Balaban J connectivity index is 1.85. The molecular formula is C15H21BrN2O. The summed E-state index contributed by atoms with van der Waals surface area (Å²) in [5.41, 5.74) is 1.24. The van der Waals surface area contributed by atoms with Crippen molar-refractivity contribution in [3.63, 3.8) is 0 Å². The fraction of sp³-hybridized carbons (Fsp3) is 0.533. The Morgan fingerprint density at radius 3 is 2.74 bits per heavy atom. The summed E-state index contributed by atoms with van der Waals surface area (Å²) in [4.78, 5) is 12.1. The predicted molar refractivity (Wildman–Crippen MR) is 81.0 cm³/mol. The third-order valence-electron chi connectivity index (χ3n) is 3.66. The highest BCUT2D eigenvalue weighted by Gasteiger charge is 2.29. The fourth-order valence-corrected chi connectivity index (χ4v) is 2.81. The molecule has 0 aliphatic carbocycles. The maximum Gasteiger partial charge on any atom is 0.237 e. The number of hydrogen-bond donors (Lipinski definition) is 2. The maximum absolute atomic E-state index is 12.1. The van der Waals surface area contributed by atoms with Gasteiger partial charge in [-0.15, -0.1) is 0 Å². The summed E-state index contributed by atoms with van der Waals surface area (Å²) in [5.74, 6) is 0.564. The van der Waals surface area contributed by atoms with E-state index in [1.807, 2.05) is 12.1 Å². The van der Waals surface area contributed by atoms with Crippen LogP contribution >= 0.6 is 15.9 Å². The second-order valence-electron chi connectivity index (χ2n) is 5.44. The number of hydrogen-bond acceptors (Lipinski definition) is 2. The number of amides is 1. The van der Waals surface area contributed by atoms with Crippen molar-refractivity contribution < 1.29 is 4.79 Å². The minimum atomic E-state index is -0.0210. The van der Waals surface area contributed by atoms with Gasteiger partial charge in [-0.2, -0.15) is 0 Å². The molecule has 0 spiro atoms. The number of nitrogens with one attached hydrogen (secondary N) is 2. The van der Waals surface area contributed by atoms with Gasteiger partial charge >= 0.3 is 0 Å². The summed E-state index contributed by atoms with van der Waals surface area (Å²) in [7, 11) is 0. The molecule has 1 fully saturated rings. The lowest BCUT2D eigenvalue weighted by atomic mass is 10.0. The molecule has 3 unspecified atom stereocenters. The summed E-state index contributed by atoms with van der Waals surface area (Å²) in [5, 5.41) is 6.37.